The summed E-state index contributed by atoms with van der Waals surface area (Å²) in [5, 5.41) is 0. The topological polar surface area (TPSA) is 95.9 Å². The van der Waals surface area contributed by atoms with E-state index >= 15 is 0 Å². The van der Waals surface area contributed by atoms with Crippen LogP contribution in [0.1, 0.15) is 26.2 Å². The summed E-state index contributed by atoms with van der Waals surface area (Å²) >= 11 is 0. The van der Waals surface area contributed by atoms with Gasteiger partial charge in [0.05, 0.1) is 0 Å². The first-order chi connectivity index (χ1) is 8.67. The third-order valence-electron chi connectivity index (χ3n) is 2.64. The van der Waals surface area contributed by atoms with Gasteiger partial charge >= 0.3 is 0 Å². The molecule has 0 aromatic carbocycles. The van der Waals surface area contributed by atoms with Gasteiger partial charge in [-0.3, -0.25) is 4.79 Å². The van der Waals surface area contributed by atoms with Crippen LogP contribution in [0.5, 0.6) is 0 Å². The van der Waals surface area contributed by atoms with Crippen LogP contribution in [0.15, 0.2) is 4.36 Å². The van der Waals surface area contributed by atoms with Gasteiger partial charge in [0.15, 0.2) is 0 Å². The lowest BCUT2D eigenvalue weighted by atomic mass is 10.2. The zero-order valence-electron chi connectivity index (χ0n) is 11.5. The van der Waals surface area contributed by atoms with Crippen molar-refractivity contribution >= 4 is 25.8 Å². The number of carbonyl (C=O) groups excluding carboxylic acids is 1. The van der Waals surface area contributed by atoms with E-state index in [1.807, 2.05) is 6.92 Å². The maximum Gasteiger partial charge on any atom is 0.280 e. The second-order valence-corrected chi connectivity index (χ2v) is 9.03. The summed E-state index contributed by atoms with van der Waals surface area (Å²) < 4.78 is 42.7. The number of hydrogen-bond acceptors (Lipinski definition) is 4. The van der Waals surface area contributed by atoms with Crippen LogP contribution in [0.3, 0.4) is 0 Å². The molecule has 0 saturated carbocycles. The maximum absolute atomic E-state index is 12.0. The molecular weight excluding hydrogens is 290 g/mol. The molecule has 1 saturated heterocycles. The predicted octanol–water partition coefficient (Wildman–Crippen LogP) is -0.0506. The van der Waals surface area contributed by atoms with Gasteiger partial charge in [0.2, 0.25) is 0 Å². The Morgan fingerprint density at radius 1 is 1.37 bits per heavy atom. The van der Waals surface area contributed by atoms with E-state index < -0.39 is 31.9 Å². The number of carbonyl (C=O) groups is 1. The first-order valence-corrected chi connectivity index (χ1v) is 9.92. The normalized spacial score (nSPS) is 21.5. The summed E-state index contributed by atoms with van der Waals surface area (Å²) in [6, 6.07) is -0.824. The van der Waals surface area contributed by atoms with Crippen LogP contribution in [0.4, 0.5) is 0 Å². The van der Waals surface area contributed by atoms with Gasteiger partial charge in [-0.1, -0.05) is 6.92 Å². The van der Waals surface area contributed by atoms with Crippen LogP contribution >= 0.6 is 0 Å². The van der Waals surface area contributed by atoms with Gasteiger partial charge < -0.3 is 0 Å². The van der Waals surface area contributed by atoms with E-state index in [1.54, 1.807) is 0 Å². The molecule has 1 amide bonds. The average Bonchev–Trinajstić information content (AvgIpc) is 2.73. The van der Waals surface area contributed by atoms with Gasteiger partial charge in [-0.05, 0) is 19.3 Å². The van der Waals surface area contributed by atoms with Crippen LogP contribution in [0.2, 0.25) is 0 Å². The standard InChI is InChI=1S/C10H21N3O4S2/c1-4-7-11-19(16,17)13-8-5-6-9(13)10(14)12-18(2,3)15/h9,11H,4-8H2,1-3H3/t9-/m0/s1. The molecule has 0 bridgehead atoms. The Hall–Kier alpha value is -0.510. The smallest absolute Gasteiger partial charge is 0.270 e. The summed E-state index contributed by atoms with van der Waals surface area (Å²) in [6.45, 7) is 2.47. The Labute approximate surface area is 115 Å². The molecule has 1 aliphatic rings. The fraction of sp³-hybridized carbons (Fsp3) is 0.900. The molecule has 19 heavy (non-hydrogen) atoms. The summed E-state index contributed by atoms with van der Waals surface area (Å²) in [7, 11) is -6.23. The van der Waals surface area contributed by atoms with Crippen molar-refractivity contribution in [2.45, 2.75) is 32.2 Å². The van der Waals surface area contributed by atoms with Crippen molar-refractivity contribution in [1.29, 1.82) is 0 Å². The molecular formula is C10H21N3O4S2. The molecule has 0 aromatic rings. The quantitative estimate of drug-likeness (QED) is 0.770. The number of amides is 1. The highest BCUT2D eigenvalue weighted by Gasteiger charge is 2.38. The summed E-state index contributed by atoms with van der Waals surface area (Å²) in [4.78, 5) is 11.9. The molecule has 1 aliphatic heterocycles. The van der Waals surface area contributed by atoms with E-state index in [4.69, 9.17) is 0 Å². The summed E-state index contributed by atoms with van der Waals surface area (Å²) in [5.74, 6) is -0.616. The first-order valence-electron chi connectivity index (χ1n) is 6.15. The van der Waals surface area contributed by atoms with Gasteiger partial charge in [-0.2, -0.15) is 17.1 Å². The summed E-state index contributed by atoms with van der Waals surface area (Å²) in [6.07, 6.45) is 4.41. The Morgan fingerprint density at radius 3 is 2.53 bits per heavy atom. The van der Waals surface area contributed by atoms with Crippen molar-refractivity contribution in [3.8, 4) is 0 Å². The van der Waals surface area contributed by atoms with Gasteiger partial charge in [0.25, 0.3) is 16.1 Å². The molecule has 7 nitrogen and oxygen atoms in total. The molecule has 112 valence electrons. The van der Waals surface area contributed by atoms with Gasteiger partial charge in [-0.15, -0.1) is 0 Å². The lowest BCUT2D eigenvalue weighted by molar-refractivity contribution is -0.120. The van der Waals surface area contributed by atoms with Crippen LogP contribution in [-0.2, 0) is 24.7 Å². The maximum atomic E-state index is 12.0. The number of hydrogen-bond donors (Lipinski definition) is 1. The molecule has 1 fully saturated rings. The number of nitrogens with one attached hydrogen (secondary N) is 1. The summed E-state index contributed by atoms with van der Waals surface area (Å²) in [5.41, 5.74) is 0. The second kappa shape index (κ2) is 6.29. The fourth-order valence-corrected chi connectivity index (χ4v) is 3.95. The number of rotatable bonds is 5. The zero-order chi connectivity index (χ0) is 14.7. The van der Waals surface area contributed by atoms with Gasteiger partial charge in [0, 0.05) is 35.3 Å². The molecule has 0 spiro atoms. The van der Waals surface area contributed by atoms with Crippen molar-refractivity contribution in [3.05, 3.63) is 0 Å². The molecule has 1 atom stereocenters. The van der Waals surface area contributed by atoms with Crippen molar-refractivity contribution in [2.75, 3.05) is 25.6 Å². The molecule has 1 N–H and O–H groups in total. The van der Waals surface area contributed by atoms with E-state index in [9.17, 15) is 17.4 Å². The Bertz CT molecular complexity index is 541. The molecule has 0 aliphatic carbocycles. The highest BCUT2D eigenvalue weighted by molar-refractivity contribution is 7.92. The van der Waals surface area contributed by atoms with Crippen molar-refractivity contribution in [3.63, 3.8) is 0 Å². The van der Waals surface area contributed by atoms with E-state index in [1.165, 1.54) is 12.5 Å². The highest BCUT2D eigenvalue weighted by atomic mass is 32.2. The Kier molecular flexibility index (Phi) is 5.48. The minimum Gasteiger partial charge on any atom is -0.270 e. The molecule has 0 aromatic heterocycles. The Morgan fingerprint density at radius 2 is 2.00 bits per heavy atom. The zero-order valence-corrected chi connectivity index (χ0v) is 13.1. The van der Waals surface area contributed by atoms with Crippen LogP contribution in [0.25, 0.3) is 0 Å². The third-order valence-corrected chi connectivity index (χ3v) is 4.88. The van der Waals surface area contributed by atoms with Crippen molar-refractivity contribution in [1.82, 2.24) is 9.03 Å². The molecule has 9 heteroatoms. The van der Waals surface area contributed by atoms with Crippen LogP contribution in [0, 0.1) is 0 Å². The molecule has 1 rings (SSSR count). The largest absolute Gasteiger partial charge is 0.280 e. The lowest BCUT2D eigenvalue weighted by Crippen LogP contribution is -2.46. The fourth-order valence-electron chi connectivity index (χ4n) is 1.87. The van der Waals surface area contributed by atoms with E-state index in [0.717, 1.165) is 4.31 Å². The van der Waals surface area contributed by atoms with E-state index in [0.29, 0.717) is 32.4 Å². The highest BCUT2D eigenvalue weighted by Crippen LogP contribution is 2.21. The Balaban J connectivity index is 2.92. The average molecular weight is 311 g/mol. The van der Waals surface area contributed by atoms with Crippen LogP contribution in [-0.4, -0.2) is 54.5 Å². The van der Waals surface area contributed by atoms with Gasteiger partial charge in [0.1, 0.15) is 6.04 Å². The predicted molar refractivity (Wildman–Crippen MR) is 74.4 cm³/mol. The molecule has 0 unspecified atom stereocenters. The van der Waals surface area contributed by atoms with Crippen molar-refractivity contribution < 1.29 is 17.4 Å². The van der Waals surface area contributed by atoms with Gasteiger partial charge in [-0.25, -0.2) is 8.93 Å². The minimum atomic E-state index is -3.66. The van der Waals surface area contributed by atoms with Crippen molar-refractivity contribution in [2.24, 2.45) is 4.36 Å². The minimum absolute atomic E-state index is 0.291. The van der Waals surface area contributed by atoms with E-state index in [-0.39, 0.29) is 0 Å². The SMILES string of the molecule is CCCNS(=O)(=O)N1CCC[C@H]1C(=O)N=S(C)(C)=O. The van der Waals surface area contributed by atoms with E-state index in [2.05, 4.69) is 9.08 Å². The molecule has 0 radical (unpaired) electrons. The van der Waals surface area contributed by atoms with Crippen LogP contribution < -0.4 is 4.72 Å². The third kappa shape index (κ3) is 4.83. The molecule has 1 heterocycles. The number of nitrogens with zero attached hydrogens (tertiary/aromatic N) is 2. The first kappa shape index (κ1) is 16.5. The monoisotopic (exact) mass is 311 g/mol. The second-order valence-electron chi connectivity index (χ2n) is 4.78. The lowest BCUT2D eigenvalue weighted by Gasteiger charge is -2.21.